The third-order valence-corrected chi connectivity index (χ3v) is 4.90. The highest BCUT2D eigenvalue weighted by Crippen LogP contribution is 2.41. The summed E-state index contributed by atoms with van der Waals surface area (Å²) in [5.41, 5.74) is 0.907. The second-order valence-electron chi connectivity index (χ2n) is 7.14. The van der Waals surface area contributed by atoms with Crippen LogP contribution in [0.4, 0.5) is 4.39 Å². The standard InChI is InChI=1S/C17H24ClFO/c1-17(2,3)13-5-7-16(20)12(9-13)8-11-4-6-14(18)10-15(11)19/h4,6,10,12-13,16,20H,5,7-9H2,1-3H3. The molecule has 0 aliphatic heterocycles. The number of aliphatic hydroxyl groups excluding tert-OH is 1. The molecule has 1 N–H and O–H groups in total. The molecule has 0 bridgehead atoms. The lowest BCUT2D eigenvalue weighted by atomic mass is 9.67. The van der Waals surface area contributed by atoms with Gasteiger partial charge in [0, 0.05) is 5.02 Å². The monoisotopic (exact) mass is 298 g/mol. The molecule has 0 saturated heterocycles. The predicted molar refractivity (Wildman–Crippen MR) is 81.4 cm³/mol. The van der Waals surface area contributed by atoms with Gasteiger partial charge in [0.2, 0.25) is 0 Å². The van der Waals surface area contributed by atoms with Gasteiger partial charge in [-0.2, -0.15) is 0 Å². The first-order valence-corrected chi connectivity index (χ1v) is 7.77. The van der Waals surface area contributed by atoms with E-state index in [0.29, 0.717) is 22.9 Å². The van der Waals surface area contributed by atoms with Crippen LogP contribution in [0, 0.1) is 23.1 Å². The molecule has 0 heterocycles. The minimum Gasteiger partial charge on any atom is -0.393 e. The van der Waals surface area contributed by atoms with Crippen molar-refractivity contribution in [2.24, 2.45) is 17.3 Å². The third kappa shape index (κ3) is 3.73. The van der Waals surface area contributed by atoms with E-state index >= 15 is 0 Å². The lowest BCUT2D eigenvalue weighted by Crippen LogP contribution is -2.35. The number of halogens is 2. The molecule has 3 unspecified atom stereocenters. The molecule has 0 amide bonds. The summed E-state index contributed by atoms with van der Waals surface area (Å²) in [4.78, 5) is 0. The maximum atomic E-state index is 13.9. The number of hydrogen-bond acceptors (Lipinski definition) is 1. The number of aliphatic hydroxyl groups is 1. The lowest BCUT2D eigenvalue weighted by molar-refractivity contribution is 0.0193. The van der Waals surface area contributed by atoms with Gasteiger partial charge in [-0.15, -0.1) is 0 Å². The van der Waals surface area contributed by atoms with Crippen LogP contribution >= 0.6 is 11.6 Å². The topological polar surface area (TPSA) is 20.2 Å². The summed E-state index contributed by atoms with van der Waals surface area (Å²) in [5.74, 6) is 0.470. The predicted octanol–water partition coefficient (Wildman–Crippen LogP) is 4.84. The maximum Gasteiger partial charge on any atom is 0.127 e. The van der Waals surface area contributed by atoms with E-state index in [0.717, 1.165) is 19.3 Å². The van der Waals surface area contributed by atoms with Crippen molar-refractivity contribution in [3.05, 3.63) is 34.6 Å². The quantitative estimate of drug-likeness (QED) is 0.828. The zero-order valence-electron chi connectivity index (χ0n) is 12.5. The maximum absolute atomic E-state index is 13.9. The average molecular weight is 299 g/mol. The largest absolute Gasteiger partial charge is 0.393 e. The Hall–Kier alpha value is -0.600. The van der Waals surface area contributed by atoms with Crippen molar-refractivity contribution < 1.29 is 9.50 Å². The Morgan fingerprint density at radius 1 is 1.30 bits per heavy atom. The molecule has 112 valence electrons. The SMILES string of the molecule is CC(C)(C)C1CCC(O)C(Cc2ccc(Cl)cc2F)C1. The van der Waals surface area contributed by atoms with E-state index in [2.05, 4.69) is 20.8 Å². The van der Waals surface area contributed by atoms with E-state index in [4.69, 9.17) is 11.6 Å². The van der Waals surface area contributed by atoms with Gasteiger partial charge in [0.1, 0.15) is 5.82 Å². The molecule has 0 radical (unpaired) electrons. The number of hydrogen-bond donors (Lipinski definition) is 1. The van der Waals surface area contributed by atoms with E-state index < -0.39 is 0 Å². The third-order valence-electron chi connectivity index (χ3n) is 4.66. The molecule has 1 fully saturated rings. The zero-order chi connectivity index (χ0) is 14.9. The van der Waals surface area contributed by atoms with Crippen molar-refractivity contribution in [1.82, 2.24) is 0 Å². The summed E-state index contributed by atoms with van der Waals surface area (Å²) in [6.45, 7) is 6.74. The van der Waals surface area contributed by atoms with Gasteiger partial charge in [-0.3, -0.25) is 0 Å². The highest BCUT2D eigenvalue weighted by molar-refractivity contribution is 6.30. The van der Waals surface area contributed by atoms with Crippen LogP contribution in [0.5, 0.6) is 0 Å². The van der Waals surface area contributed by atoms with E-state index in [9.17, 15) is 9.50 Å². The molecule has 0 aromatic heterocycles. The summed E-state index contributed by atoms with van der Waals surface area (Å²) in [7, 11) is 0. The molecule has 1 saturated carbocycles. The van der Waals surface area contributed by atoms with Crippen LogP contribution in [0.1, 0.15) is 45.6 Å². The Labute approximate surface area is 126 Å². The van der Waals surface area contributed by atoms with Gasteiger partial charge < -0.3 is 5.11 Å². The first kappa shape index (κ1) is 15.8. The molecule has 1 nitrogen and oxygen atoms in total. The van der Waals surface area contributed by atoms with Crippen LogP contribution in [0.25, 0.3) is 0 Å². The summed E-state index contributed by atoms with van der Waals surface area (Å²) in [5, 5.41) is 10.6. The highest BCUT2D eigenvalue weighted by Gasteiger charge is 2.35. The van der Waals surface area contributed by atoms with Crippen LogP contribution in [0.15, 0.2) is 18.2 Å². The van der Waals surface area contributed by atoms with E-state index in [-0.39, 0.29) is 23.3 Å². The van der Waals surface area contributed by atoms with E-state index in [1.54, 1.807) is 12.1 Å². The van der Waals surface area contributed by atoms with Gasteiger partial charge in [-0.1, -0.05) is 38.4 Å². The van der Waals surface area contributed by atoms with Gasteiger partial charge in [0.25, 0.3) is 0 Å². The van der Waals surface area contributed by atoms with Crippen molar-refractivity contribution in [3.63, 3.8) is 0 Å². The second-order valence-corrected chi connectivity index (χ2v) is 7.58. The smallest absolute Gasteiger partial charge is 0.127 e. The Balaban J connectivity index is 2.10. The molecule has 1 aliphatic carbocycles. The minimum atomic E-state index is -0.316. The van der Waals surface area contributed by atoms with Crippen LogP contribution in [0.3, 0.4) is 0 Å². The van der Waals surface area contributed by atoms with Crippen molar-refractivity contribution >= 4 is 11.6 Å². The van der Waals surface area contributed by atoms with Gasteiger partial charge in [0.15, 0.2) is 0 Å². The second kappa shape index (κ2) is 6.03. The molecular formula is C17H24ClFO. The van der Waals surface area contributed by atoms with E-state index in [1.807, 2.05) is 0 Å². The van der Waals surface area contributed by atoms with Crippen LogP contribution in [-0.4, -0.2) is 11.2 Å². The fraction of sp³-hybridized carbons (Fsp3) is 0.647. The molecule has 1 aromatic rings. The summed E-state index contributed by atoms with van der Waals surface area (Å²) in [6, 6.07) is 4.81. The molecule has 20 heavy (non-hydrogen) atoms. The Bertz CT molecular complexity index is 467. The van der Waals surface area contributed by atoms with Crippen molar-refractivity contribution in [3.8, 4) is 0 Å². The van der Waals surface area contributed by atoms with Crippen molar-refractivity contribution in [2.45, 2.75) is 52.6 Å². The summed E-state index contributed by atoms with van der Waals surface area (Å²) < 4.78 is 13.9. The fourth-order valence-electron chi connectivity index (χ4n) is 3.22. The zero-order valence-corrected chi connectivity index (χ0v) is 13.3. The Kier molecular flexibility index (Phi) is 4.76. The molecule has 1 aliphatic rings. The van der Waals surface area contributed by atoms with Crippen LogP contribution < -0.4 is 0 Å². The molecular weight excluding hydrogens is 275 g/mol. The van der Waals surface area contributed by atoms with Gasteiger partial charge in [-0.25, -0.2) is 4.39 Å². The molecule has 2 rings (SSSR count). The summed E-state index contributed by atoms with van der Waals surface area (Å²) in [6.07, 6.45) is 3.12. The molecule has 0 spiro atoms. The summed E-state index contributed by atoms with van der Waals surface area (Å²) >= 11 is 5.78. The average Bonchev–Trinajstić information content (AvgIpc) is 2.33. The first-order valence-electron chi connectivity index (χ1n) is 7.39. The van der Waals surface area contributed by atoms with Crippen LogP contribution in [0.2, 0.25) is 5.02 Å². The molecule has 3 atom stereocenters. The lowest BCUT2D eigenvalue weighted by Gasteiger charge is -2.40. The van der Waals surface area contributed by atoms with Gasteiger partial charge in [0.05, 0.1) is 6.10 Å². The number of benzene rings is 1. The van der Waals surface area contributed by atoms with Crippen molar-refractivity contribution in [1.29, 1.82) is 0 Å². The van der Waals surface area contributed by atoms with Crippen molar-refractivity contribution in [2.75, 3.05) is 0 Å². The molecule has 3 heteroatoms. The van der Waals surface area contributed by atoms with Gasteiger partial charge in [-0.05, 0) is 60.6 Å². The Morgan fingerprint density at radius 3 is 2.60 bits per heavy atom. The molecule has 1 aromatic carbocycles. The highest BCUT2D eigenvalue weighted by atomic mass is 35.5. The van der Waals surface area contributed by atoms with Gasteiger partial charge >= 0.3 is 0 Å². The Morgan fingerprint density at radius 2 is 2.00 bits per heavy atom. The normalized spacial score (nSPS) is 27.6. The fourth-order valence-corrected chi connectivity index (χ4v) is 3.38. The van der Waals surface area contributed by atoms with Crippen LogP contribution in [-0.2, 0) is 6.42 Å². The minimum absolute atomic E-state index is 0.142. The number of rotatable bonds is 2. The van der Waals surface area contributed by atoms with E-state index in [1.165, 1.54) is 6.07 Å². The first-order chi connectivity index (χ1) is 9.27.